The maximum Gasteiger partial charge on any atom is 0.241 e. The van der Waals surface area contributed by atoms with Crippen molar-refractivity contribution in [3.05, 3.63) is 29.3 Å². The number of aliphatic hydroxyl groups is 1. The molecule has 0 fully saturated rings. The quantitative estimate of drug-likeness (QED) is 0.855. The fourth-order valence-electron chi connectivity index (χ4n) is 1.55. The van der Waals surface area contributed by atoms with Crippen molar-refractivity contribution in [2.75, 3.05) is 6.61 Å². The summed E-state index contributed by atoms with van der Waals surface area (Å²) in [6.45, 7) is 6.68. The van der Waals surface area contributed by atoms with Crippen molar-refractivity contribution in [3.8, 4) is 0 Å². The van der Waals surface area contributed by atoms with Gasteiger partial charge in [0, 0.05) is 0 Å². The molecule has 96 valence electrons. The summed E-state index contributed by atoms with van der Waals surface area (Å²) in [5, 5.41) is 9.09. The van der Waals surface area contributed by atoms with E-state index < -0.39 is 15.6 Å². The summed E-state index contributed by atoms with van der Waals surface area (Å²) >= 11 is 0. The molecule has 0 amide bonds. The Morgan fingerprint density at radius 2 is 1.88 bits per heavy atom. The van der Waals surface area contributed by atoms with Crippen molar-refractivity contribution < 1.29 is 13.5 Å². The third-order valence-corrected chi connectivity index (χ3v) is 4.28. The molecule has 1 rings (SSSR count). The number of hydrogen-bond acceptors (Lipinski definition) is 3. The first-order valence-corrected chi connectivity index (χ1v) is 6.88. The second-order valence-corrected chi connectivity index (χ2v) is 6.57. The normalized spacial score (nSPS) is 12.8. The van der Waals surface area contributed by atoms with Crippen molar-refractivity contribution >= 4 is 10.0 Å². The van der Waals surface area contributed by atoms with Gasteiger partial charge in [-0.2, -0.15) is 0 Å². The molecule has 17 heavy (non-hydrogen) atoms. The molecule has 0 radical (unpaired) electrons. The maximum atomic E-state index is 12.1. The average Bonchev–Trinajstić information content (AvgIpc) is 2.15. The molecular formula is C12H19NO3S. The second-order valence-electron chi connectivity index (χ2n) is 4.92. The maximum absolute atomic E-state index is 12.1. The van der Waals surface area contributed by atoms with E-state index in [1.807, 2.05) is 13.0 Å². The van der Waals surface area contributed by atoms with Crippen LogP contribution in [0, 0.1) is 13.8 Å². The Morgan fingerprint density at radius 3 is 2.35 bits per heavy atom. The average molecular weight is 257 g/mol. The predicted octanol–water partition coefficient (Wildman–Crippen LogP) is 1.35. The van der Waals surface area contributed by atoms with E-state index in [2.05, 4.69) is 4.72 Å². The first-order valence-electron chi connectivity index (χ1n) is 5.40. The van der Waals surface area contributed by atoms with Crippen LogP contribution in [0.3, 0.4) is 0 Å². The summed E-state index contributed by atoms with van der Waals surface area (Å²) in [6, 6.07) is 5.16. The lowest BCUT2D eigenvalue weighted by Crippen LogP contribution is -2.46. The molecule has 0 unspecified atom stereocenters. The number of sulfonamides is 1. The molecule has 0 bridgehead atoms. The highest BCUT2D eigenvalue weighted by Gasteiger charge is 2.26. The fraction of sp³-hybridized carbons (Fsp3) is 0.500. The van der Waals surface area contributed by atoms with Crippen molar-refractivity contribution in [1.82, 2.24) is 4.72 Å². The zero-order valence-electron chi connectivity index (χ0n) is 10.6. The van der Waals surface area contributed by atoms with Crippen molar-refractivity contribution in [2.24, 2.45) is 0 Å². The first-order chi connectivity index (χ1) is 7.68. The van der Waals surface area contributed by atoms with Gasteiger partial charge >= 0.3 is 0 Å². The van der Waals surface area contributed by atoms with Gasteiger partial charge in [0.05, 0.1) is 17.0 Å². The molecule has 1 aromatic carbocycles. The van der Waals surface area contributed by atoms with E-state index in [1.54, 1.807) is 32.9 Å². The van der Waals surface area contributed by atoms with Crippen LogP contribution in [-0.4, -0.2) is 25.7 Å². The van der Waals surface area contributed by atoms with Crippen molar-refractivity contribution in [1.29, 1.82) is 0 Å². The lowest BCUT2D eigenvalue weighted by molar-refractivity contribution is 0.208. The predicted molar refractivity (Wildman–Crippen MR) is 67.4 cm³/mol. The van der Waals surface area contributed by atoms with E-state index in [9.17, 15) is 8.42 Å². The van der Waals surface area contributed by atoms with E-state index in [0.717, 1.165) is 5.56 Å². The smallest absolute Gasteiger partial charge is 0.241 e. The number of nitrogens with one attached hydrogen (secondary N) is 1. The number of aryl methyl sites for hydroxylation is 2. The summed E-state index contributed by atoms with van der Waals surface area (Å²) in [6.07, 6.45) is 0. The van der Waals surface area contributed by atoms with E-state index in [1.165, 1.54) is 0 Å². The van der Waals surface area contributed by atoms with Crippen LogP contribution in [0.25, 0.3) is 0 Å². The molecule has 0 atom stereocenters. The van der Waals surface area contributed by atoms with Crippen LogP contribution >= 0.6 is 0 Å². The lowest BCUT2D eigenvalue weighted by Gasteiger charge is -2.23. The Labute approximate surface area is 103 Å². The summed E-state index contributed by atoms with van der Waals surface area (Å²) in [7, 11) is -3.59. The van der Waals surface area contributed by atoms with Gasteiger partial charge in [-0.3, -0.25) is 0 Å². The van der Waals surface area contributed by atoms with Crippen molar-refractivity contribution in [2.45, 2.75) is 38.1 Å². The molecule has 4 nitrogen and oxygen atoms in total. The molecule has 0 aliphatic carbocycles. The van der Waals surface area contributed by atoms with Gasteiger partial charge in [-0.05, 0) is 39.3 Å². The van der Waals surface area contributed by atoms with Gasteiger partial charge in [0.15, 0.2) is 0 Å². The van der Waals surface area contributed by atoms with Gasteiger partial charge in [0.2, 0.25) is 10.0 Å². The Bertz CT molecular complexity index is 506. The van der Waals surface area contributed by atoms with Crippen LogP contribution in [0.4, 0.5) is 0 Å². The molecule has 5 heteroatoms. The highest BCUT2D eigenvalue weighted by atomic mass is 32.2. The van der Waals surface area contributed by atoms with E-state index in [4.69, 9.17) is 5.11 Å². The number of benzene rings is 1. The van der Waals surface area contributed by atoms with Crippen molar-refractivity contribution in [3.63, 3.8) is 0 Å². The molecule has 1 aromatic rings. The van der Waals surface area contributed by atoms with Gasteiger partial charge in [-0.15, -0.1) is 0 Å². The Balaban J connectivity index is 3.14. The van der Waals surface area contributed by atoms with Gasteiger partial charge in [0.25, 0.3) is 0 Å². The molecule has 0 spiro atoms. The molecule has 0 aromatic heterocycles. The van der Waals surface area contributed by atoms with Crippen LogP contribution in [0.1, 0.15) is 25.0 Å². The molecule has 0 saturated carbocycles. The summed E-state index contributed by atoms with van der Waals surface area (Å²) < 4.78 is 26.7. The standard InChI is InChI=1S/C12H19NO3S/c1-9-5-6-11(10(2)7-9)17(15,16)13-12(3,4)8-14/h5-7,13-14H,8H2,1-4H3. The van der Waals surface area contributed by atoms with Crippen LogP contribution in [0.2, 0.25) is 0 Å². The Kier molecular flexibility index (Phi) is 3.96. The minimum atomic E-state index is -3.59. The summed E-state index contributed by atoms with van der Waals surface area (Å²) in [5.41, 5.74) is 0.852. The SMILES string of the molecule is Cc1ccc(S(=O)(=O)NC(C)(C)CO)c(C)c1. The monoisotopic (exact) mass is 257 g/mol. The third kappa shape index (κ3) is 3.52. The molecule has 2 N–H and O–H groups in total. The minimum Gasteiger partial charge on any atom is -0.394 e. The third-order valence-electron chi connectivity index (χ3n) is 2.43. The van der Waals surface area contributed by atoms with Crippen LogP contribution in [0.5, 0.6) is 0 Å². The second kappa shape index (κ2) is 4.76. The summed E-state index contributed by atoms with van der Waals surface area (Å²) in [5.74, 6) is 0. The highest BCUT2D eigenvalue weighted by molar-refractivity contribution is 7.89. The molecule has 0 saturated heterocycles. The Hall–Kier alpha value is -0.910. The van der Waals surface area contributed by atoms with Gasteiger partial charge in [-0.25, -0.2) is 13.1 Å². The molecule has 0 aliphatic rings. The topological polar surface area (TPSA) is 66.4 Å². The molecular weight excluding hydrogens is 238 g/mol. The Morgan fingerprint density at radius 1 is 1.29 bits per heavy atom. The van der Waals surface area contributed by atoms with Gasteiger partial charge in [-0.1, -0.05) is 17.7 Å². The number of hydrogen-bond donors (Lipinski definition) is 2. The highest BCUT2D eigenvalue weighted by Crippen LogP contribution is 2.18. The zero-order chi connectivity index (χ0) is 13.3. The number of rotatable bonds is 4. The number of aliphatic hydroxyl groups excluding tert-OH is 1. The summed E-state index contributed by atoms with van der Waals surface area (Å²) in [4.78, 5) is 0.254. The first kappa shape index (κ1) is 14.2. The molecule has 0 heterocycles. The van der Waals surface area contributed by atoms with Gasteiger partial charge < -0.3 is 5.11 Å². The largest absolute Gasteiger partial charge is 0.394 e. The van der Waals surface area contributed by atoms with E-state index in [0.29, 0.717) is 5.56 Å². The zero-order valence-corrected chi connectivity index (χ0v) is 11.4. The fourth-order valence-corrected chi connectivity index (χ4v) is 3.18. The lowest BCUT2D eigenvalue weighted by atomic mass is 10.1. The van der Waals surface area contributed by atoms with Crippen LogP contribution < -0.4 is 4.72 Å². The molecule has 0 aliphatic heterocycles. The van der Waals surface area contributed by atoms with Crippen LogP contribution in [-0.2, 0) is 10.0 Å². The van der Waals surface area contributed by atoms with Crippen LogP contribution in [0.15, 0.2) is 23.1 Å². The van der Waals surface area contributed by atoms with E-state index in [-0.39, 0.29) is 11.5 Å². The minimum absolute atomic E-state index is 0.253. The van der Waals surface area contributed by atoms with E-state index >= 15 is 0 Å². The van der Waals surface area contributed by atoms with Gasteiger partial charge in [0.1, 0.15) is 0 Å².